The molecule has 0 atom stereocenters. The van der Waals surface area contributed by atoms with Crippen molar-refractivity contribution in [2.75, 3.05) is 0 Å². The van der Waals surface area contributed by atoms with Crippen molar-refractivity contribution in [2.24, 2.45) is 0 Å². The monoisotopic (exact) mass is 368 g/mol. The van der Waals surface area contributed by atoms with Crippen molar-refractivity contribution >= 4 is 31.9 Å². The van der Waals surface area contributed by atoms with Gasteiger partial charge >= 0.3 is 0 Å². The minimum atomic E-state index is 0.632. The molecule has 0 heterocycles. The highest BCUT2D eigenvalue weighted by Crippen LogP contribution is 2.27. The highest BCUT2D eigenvalue weighted by molar-refractivity contribution is 9.13. The summed E-state index contributed by atoms with van der Waals surface area (Å²) in [6.45, 7) is 3.37. The average Bonchev–Trinajstić information content (AvgIpc) is 2.37. The lowest BCUT2D eigenvalue weighted by Gasteiger charge is -2.09. The Morgan fingerprint density at radius 2 is 1.61 bits per heavy atom. The first kappa shape index (κ1) is 13.8. The Bertz CT molecular complexity index is 524. The molecule has 0 fully saturated rings. The summed E-state index contributed by atoms with van der Waals surface area (Å²) in [5, 5.41) is 0. The van der Waals surface area contributed by atoms with Crippen molar-refractivity contribution < 1.29 is 4.74 Å². The summed E-state index contributed by atoms with van der Waals surface area (Å²) in [5.74, 6) is 0. The van der Waals surface area contributed by atoms with Gasteiger partial charge in [0.2, 0.25) is 0 Å². The number of hydrogen-bond donors (Lipinski definition) is 0. The van der Waals surface area contributed by atoms with Gasteiger partial charge in [-0.15, -0.1) is 0 Å². The molecular weight excluding hydrogens is 356 g/mol. The summed E-state index contributed by atoms with van der Waals surface area (Å²) in [4.78, 5) is 0. The quantitative estimate of drug-likeness (QED) is 0.716. The van der Waals surface area contributed by atoms with Crippen molar-refractivity contribution in [1.82, 2.24) is 0 Å². The molecule has 2 aromatic carbocycles. The molecule has 0 radical (unpaired) electrons. The van der Waals surface area contributed by atoms with Gasteiger partial charge in [-0.3, -0.25) is 0 Å². The van der Waals surface area contributed by atoms with E-state index in [1.54, 1.807) is 0 Å². The maximum Gasteiger partial charge on any atom is 0.0724 e. The lowest BCUT2D eigenvalue weighted by Crippen LogP contribution is -1.96. The Labute approximate surface area is 124 Å². The summed E-state index contributed by atoms with van der Waals surface area (Å²) in [7, 11) is 0. The molecule has 0 saturated carbocycles. The standard InChI is InChI=1S/C15H14Br2O/c1-11-7-14(16)15(17)8-13(11)10-18-9-12-5-3-2-4-6-12/h2-8H,9-10H2,1H3. The second kappa shape index (κ2) is 6.50. The average molecular weight is 370 g/mol. The summed E-state index contributed by atoms with van der Waals surface area (Å²) < 4.78 is 7.88. The first-order chi connectivity index (χ1) is 8.66. The Morgan fingerprint density at radius 1 is 0.944 bits per heavy atom. The Morgan fingerprint density at radius 3 is 2.33 bits per heavy atom. The molecule has 0 bridgehead atoms. The summed E-state index contributed by atoms with van der Waals surface area (Å²) in [6.07, 6.45) is 0. The van der Waals surface area contributed by atoms with E-state index in [-0.39, 0.29) is 0 Å². The van der Waals surface area contributed by atoms with Crippen LogP contribution in [0.2, 0.25) is 0 Å². The van der Waals surface area contributed by atoms with Gasteiger partial charge in [-0.05, 0) is 67.6 Å². The summed E-state index contributed by atoms with van der Waals surface area (Å²) in [6, 6.07) is 14.4. The van der Waals surface area contributed by atoms with Gasteiger partial charge in [-0.1, -0.05) is 30.3 Å². The largest absolute Gasteiger partial charge is 0.372 e. The van der Waals surface area contributed by atoms with Gasteiger partial charge < -0.3 is 4.74 Å². The zero-order valence-electron chi connectivity index (χ0n) is 10.1. The SMILES string of the molecule is Cc1cc(Br)c(Br)cc1COCc1ccccc1. The first-order valence-electron chi connectivity index (χ1n) is 5.73. The van der Waals surface area contributed by atoms with E-state index in [1.807, 2.05) is 18.2 Å². The smallest absolute Gasteiger partial charge is 0.0724 e. The maximum absolute atomic E-state index is 5.75. The third kappa shape index (κ3) is 3.67. The van der Waals surface area contributed by atoms with E-state index in [9.17, 15) is 0 Å². The van der Waals surface area contributed by atoms with Crippen molar-refractivity contribution in [3.8, 4) is 0 Å². The molecule has 0 saturated heterocycles. The first-order valence-corrected chi connectivity index (χ1v) is 7.31. The highest BCUT2D eigenvalue weighted by atomic mass is 79.9. The lowest BCUT2D eigenvalue weighted by atomic mass is 10.1. The van der Waals surface area contributed by atoms with Crippen LogP contribution in [0.5, 0.6) is 0 Å². The van der Waals surface area contributed by atoms with Gasteiger partial charge in [0, 0.05) is 8.95 Å². The van der Waals surface area contributed by atoms with E-state index >= 15 is 0 Å². The molecule has 0 N–H and O–H groups in total. The number of ether oxygens (including phenoxy) is 1. The number of benzene rings is 2. The molecule has 0 aliphatic rings. The number of hydrogen-bond acceptors (Lipinski definition) is 1. The molecular formula is C15H14Br2O. The highest BCUT2D eigenvalue weighted by Gasteiger charge is 2.04. The molecule has 2 aromatic rings. The van der Waals surface area contributed by atoms with Crippen molar-refractivity contribution in [1.29, 1.82) is 0 Å². The minimum absolute atomic E-state index is 0.632. The van der Waals surface area contributed by atoms with Crippen LogP contribution in [-0.4, -0.2) is 0 Å². The minimum Gasteiger partial charge on any atom is -0.372 e. The van der Waals surface area contributed by atoms with Gasteiger partial charge in [0.05, 0.1) is 13.2 Å². The van der Waals surface area contributed by atoms with Gasteiger partial charge in [0.15, 0.2) is 0 Å². The van der Waals surface area contributed by atoms with E-state index in [1.165, 1.54) is 16.7 Å². The predicted molar refractivity (Wildman–Crippen MR) is 81.5 cm³/mol. The van der Waals surface area contributed by atoms with Crippen LogP contribution in [0.15, 0.2) is 51.4 Å². The molecule has 0 aliphatic carbocycles. The third-order valence-corrected chi connectivity index (χ3v) is 4.59. The van der Waals surface area contributed by atoms with Gasteiger partial charge in [0.25, 0.3) is 0 Å². The molecule has 0 aliphatic heterocycles. The van der Waals surface area contributed by atoms with Crippen LogP contribution in [0, 0.1) is 6.92 Å². The van der Waals surface area contributed by atoms with E-state index in [4.69, 9.17) is 4.74 Å². The van der Waals surface area contributed by atoms with Crippen LogP contribution < -0.4 is 0 Å². The molecule has 18 heavy (non-hydrogen) atoms. The summed E-state index contributed by atoms with van der Waals surface area (Å²) in [5.41, 5.74) is 3.64. The fraction of sp³-hybridized carbons (Fsp3) is 0.200. The van der Waals surface area contributed by atoms with E-state index in [0.717, 1.165) is 8.95 Å². The van der Waals surface area contributed by atoms with Crippen LogP contribution in [0.3, 0.4) is 0 Å². The van der Waals surface area contributed by atoms with Gasteiger partial charge in [0.1, 0.15) is 0 Å². The van der Waals surface area contributed by atoms with Crippen LogP contribution in [0.1, 0.15) is 16.7 Å². The second-order valence-electron chi connectivity index (χ2n) is 4.17. The third-order valence-electron chi connectivity index (χ3n) is 2.75. The van der Waals surface area contributed by atoms with E-state index in [2.05, 4.69) is 63.0 Å². The molecule has 1 nitrogen and oxygen atoms in total. The number of rotatable bonds is 4. The van der Waals surface area contributed by atoms with Crippen LogP contribution in [0.4, 0.5) is 0 Å². The van der Waals surface area contributed by atoms with E-state index < -0.39 is 0 Å². The number of aryl methyl sites for hydroxylation is 1. The Kier molecular flexibility index (Phi) is 4.98. The number of halogens is 2. The van der Waals surface area contributed by atoms with Crippen molar-refractivity contribution in [3.63, 3.8) is 0 Å². The zero-order valence-corrected chi connectivity index (χ0v) is 13.3. The molecule has 0 spiro atoms. The van der Waals surface area contributed by atoms with Crippen molar-refractivity contribution in [2.45, 2.75) is 20.1 Å². The molecule has 0 unspecified atom stereocenters. The van der Waals surface area contributed by atoms with E-state index in [0.29, 0.717) is 13.2 Å². The van der Waals surface area contributed by atoms with Crippen molar-refractivity contribution in [3.05, 3.63) is 68.1 Å². The molecule has 0 aromatic heterocycles. The van der Waals surface area contributed by atoms with Crippen LogP contribution >= 0.6 is 31.9 Å². The second-order valence-corrected chi connectivity index (χ2v) is 5.88. The summed E-state index contributed by atoms with van der Waals surface area (Å²) >= 11 is 7.01. The maximum atomic E-state index is 5.75. The van der Waals surface area contributed by atoms with Gasteiger partial charge in [-0.2, -0.15) is 0 Å². The Hall–Kier alpha value is -0.640. The zero-order chi connectivity index (χ0) is 13.0. The fourth-order valence-electron chi connectivity index (χ4n) is 1.70. The normalized spacial score (nSPS) is 10.6. The molecule has 2 rings (SSSR count). The van der Waals surface area contributed by atoms with Gasteiger partial charge in [-0.25, -0.2) is 0 Å². The topological polar surface area (TPSA) is 9.23 Å². The van der Waals surface area contributed by atoms with Crippen LogP contribution in [0.25, 0.3) is 0 Å². The predicted octanol–water partition coefficient (Wildman–Crippen LogP) is 5.24. The molecule has 3 heteroatoms. The lowest BCUT2D eigenvalue weighted by molar-refractivity contribution is 0.107. The fourth-order valence-corrected chi connectivity index (χ4v) is 2.54. The van der Waals surface area contributed by atoms with Crippen LogP contribution in [-0.2, 0) is 18.0 Å². The Balaban J connectivity index is 1.97. The molecule has 94 valence electrons. The molecule has 0 amide bonds.